The number of ether oxygens (including phenoxy) is 1. The molecule has 0 rings (SSSR count). The van der Waals surface area contributed by atoms with E-state index in [1.807, 2.05) is 0 Å². The van der Waals surface area contributed by atoms with E-state index < -0.39 is 0 Å². The molecule has 2 heteroatoms. The number of carbonyl (C=O) groups is 1. The van der Waals surface area contributed by atoms with Gasteiger partial charge in [0.25, 0.3) is 0 Å². The monoisotopic (exact) mass is 126 g/mol. The Morgan fingerprint density at radius 2 is 2.11 bits per heavy atom. The highest BCUT2D eigenvalue weighted by Gasteiger charge is 1.85. The highest BCUT2D eigenvalue weighted by Crippen LogP contribution is 1.92. The third-order valence-corrected chi connectivity index (χ3v) is 0.733. The molecule has 0 aliphatic heterocycles. The van der Waals surface area contributed by atoms with Crippen molar-refractivity contribution < 1.29 is 9.53 Å². The van der Waals surface area contributed by atoms with Gasteiger partial charge in [-0.05, 0) is 12.5 Å². The SMILES string of the molecule is C=CC(C)=COC(C)=O. The number of hydrogen-bond acceptors (Lipinski definition) is 2. The molecule has 0 unspecified atom stereocenters. The minimum atomic E-state index is -0.309. The fourth-order valence-corrected chi connectivity index (χ4v) is 0.224. The zero-order chi connectivity index (χ0) is 7.28. The van der Waals surface area contributed by atoms with Gasteiger partial charge in [-0.3, -0.25) is 4.79 Å². The molecular formula is C7H10O2. The van der Waals surface area contributed by atoms with Crippen molar-refractivity contribution in [3.63, 3.8) is 0 Å². The molecule has 9 heavy (non-hydrogen) atoms. The highest BCUT2D eigenvalue weighted by molar-refractivity contribution is 5.66. The van der Waals surface area contributed by atoms with Gasteiger partial charge in [-0.1, -0.05) is 12.7 Å². The second-order valence-corrected chi connectivity index (χ2v) is 1.68. The Bertz CT molecular complexity index is 145. The minimum Gasteiger partial charge on any atom is -0.434 e. The summed E-state index contributed by atoms with van der Waals surface area (Å²) in [7, 11) is 0. The summed E-state index contributed by atoms with van der Waals surface area (Å²) in [6.07, 6.45) is 2.98. The van der Waals surface area contributed by atoms with Gasteiger partial charge in [0.05, 0.1) is 6.26 Å². The molecule has 0 bridgehead atoms. The number of esters is 1. The van der Waals surface area contributed by atoms with E-state index in [9.17, 15) is 4.79 Å². The van der Waals surface area contributed by atoms with E-state index in [1.54, 1.807) is 13.0 Å². The lowest BCUT2D eigenvalue weighted by Crippen LogP contribution is -1.90. The molecule has 0 heterocycles. The van der Waals surface area contributed by atoms with Crippen LogP contribution in [0.25, 0.3) is 0 Å². The van der Waals surface area contributed by atoms with Crippen LogP contribution in [-0.4, -0.2) is 5.97 Å². The second-order valence-electron chi connectivity index (χ2n) is 1.68. The summed E-state index contributed by atoms with van der Waals surface area (Å²) in [5, 5.41) is 0. The van der Waals surface area contributed by atoms with Crippen LogP contribution < -0.4 is 0 Å². The Morgan fingerprint density at radius 3 is 2.44 bits per heavy atom. The van der Waals surface area contributed by atoms with Crippen LogP contribution >= 0.6 is 0 Å². The van der Waals surface area contributed by atoms with Crippen molar-refractivity contribution in [3.8, 4) is 0 Å². The Labute approximate surface area is 54.8 Å². The summed E-state index contributed by atoms with van der Waals surface area (Å²) in [4.78, 5) is 10.2. The molecule has 0 aliphatic carbocycles. The second kappa shape index (κ2) is 3.89. The van der Waals surface area contributed by atoms with Crippen molar-refractivity contribution in [1.29, 1.82) is 0 Å². The van der Waals surface area contributed by atoms with Crippen molar-refractivity contribution in [3.05, 3.63) is 24.5 Å². The smallest absolute Gasteiger partial charge is 0.307 e. The van der Waals surface area contributed by atoms with Gasteiger partial charge in [0.2, 0.25) is 0 Å². The van der Waals surface area contributed by atoms with Gasteiger partial charge in [0.1, 0.15) is 0 Å². The van der Waals surface area contributed by atoms with E-state index in [1.165, 1.54) is 13.2 Å². The Hall–Kier alpha value is -1.05. The molecule has 0 fully saturated rings. The largest absolute Gasteiger partial charge is 0.434 e. The average molecular weight is 126 g/mol. The predicted molar refractivity (Wildman–Crippen MR) is 35.7 cm³/mol. The lowest BCUT2D eigenvalue weighted by molar-refractivity contribution is -0.135. The van der Waals surface area contributed by atoms with Crippen molar-refractivity contribution in [1.82, 2.24) is 0 Å². The minimum absolute atomic E-state index is 0.309. The van der Waals surface area contributed by atoms with Crippen molar-refractivity contribution >= 4 is 5.97 Å². The lowest BCUT2D eigenvalue weighted by atomic mass is 10.3. The molecule has 0 saturated carbocycles. The Morgan fingerprint density at radius 1 is 1.56 bits per heavy atom. The normalized spacial score (nSPS) is 10.7. The Kier molecular flexibility index (Phi) is 3.44. The van der Waals surface area contributed by atoms with Gasteiger partial charge in [-0.25, -0.2) is 0 Å². The fourth-order valence-electron chi connectivity index (χ4n) is 0.224. The summed E-state index contributed by atoms with van der Waals surface area (Å²) < 4.78 is 4.52. The zero-order valence-corrected chi connectivity index (χ0v) is 5.68. The molecule has 0 aromatic heterocycles. The van der Waals surface area contributed by atoms with Crippen LogP contribution in [0.15, 0.2) is 24.5 Å². The third kappa shape index (κ3) is 4.81. The molecule has 0 radical (unpaired) electrons. The van der Waals surface area contributed by atoms with Crippen LogP contribution in [0.3, 0.4) is 0 Å². The van der Waals surface area contributed by atoms with Crippen LogP contribution in [-0.2, 0) is 9.53 Å². The van der Waals surface area contributed by atoms with E-state index in [-0.39, 0.29) is 5.97 Å². The molecule has 0 aromatic rings. The van der Waals surface area contributed by atoms with Crippen LogP contribution in [0.2, 0.25) is 0 Å². The molecule has 0 saturated heterocycles. The molecule has 0 atom stereocenters. The molecule has 50 valence electrons. The van der Waals surface area contributed by atoms with E-state index in [0.29, 0.717) is 0 Å². The molecule has 0 N–H and O–H groups in total. The quantitative estimate of drug-likeness (QED) is 0.319. The van der Waals surface area contributed by atoms with E-state index in [0.717, 1.165) is 5.57 Å². The predicted octanol–water partition coefficient (Wildman–Crippen LogP) is 1.64. The van der Waals surface area contributed by atoms with Gasteiger partial charge in [0, 0.05) is 6.92 Å². The zero-order valence-electron chi connectivity index (χ0n) is 5.68. The molecule has 0 aliphatic rings. The average Bonchev–Trinajstić information content (AvgIpc) is 1.83. The van der Waals surface area contributed by atoms with Gasteiger partial charge in [-0.15, -0.1) is 0 Å². The molecule has 2 nitrogen and oxygen atoms in total. The van der Waals surface area contributed by atoms with Crippen molar-refractivity contribution in [2.75, 3.05) is 0 Å². The van der Waals surface area contributed by atoms with Gasteiger partial charge in [0.15, 0.2) is 0 Å². The number of carbonyl (C=O) groups excluding carboxylic acids is 1. The summed E-state index contributed by atoms with van der Waals surface area (Å²) >= 11 is 0. The van der Waals surface area contributed by atoms with Crippen LogP contribution in [0.1, 0.15) is 13.8 Å². The summed E-state index contributed by atoms with van der Waals surface area (Å²) in [6.45, 7) is 6.63. The fraction of sp³-hybridized carbons (Fsp3) is 0.286. The van der Waals surface area contributed by atoms with Crippen molar-refractivity contribution in [2.45, 2.75) is 13.8 Å². The maximum atomic E-state index is 10.2. The molecule has 0 amide bonds. The summed E-state index contributed by atoms with van der Waals surface area (Å²) in [5.74, 6) is -0.309. The number of allylic oxidation sites excluding steroid dienone is 2. The van der Waals surface area contributed by atoms with Crippen LogP contribution in [0.4, 0.5) is 0 Å². The maximum absolute atomic E-state index is 10.2. The first-order valence-corrected chi connectivity index (χ1v) is 2.63. The van der Waals surface area contributed by atoms with Crippen LogP contribution in [0, 0.1) is 0 Å². The van der Waals surface area contributed by atoms with Crippen molar-refractivity contribution in [2.24, 2.45) is 0 Å². The van der Waals surface area contributed by atoms with Gasteiger partial charge in [-0.2, -0.15) is 0 Å². The summed E-state index contributed by atoms with van der Waals surface area (Å²) in [5.41, 5.74) is 0.838. The first-order chi connectivity index (χ1) is 4.16. The number of rotatable bonds is 2. The Balaban J connectivity index is 3.69. The molecule has 0 spiro atoms. The number of hydrogen-bond donors (Lipinski definition) is 0. The topological polar surface area (TPSA) is 26.3 Å². The maximum Gasteiger partial charge on any atom is 0.307 e. The molecular weight excluding hydrogens is 116 g/mol. The standard InChI is InChI=1S/C7H10O2/c1-4-6(2)5-9-7(3)8/h4-5H,1H2,2-3H3. The molecule has 0 aromatic carbocycles. The first kappa shape index (κ1) is 7.95. The van der Waals surface area contributed by atoms with Gasteiger partial charge >= 0.3 is 5.97 Å². The first-order valence-electron chi connectivity index (χ1n) is 2.63. The third-order valence-electron chi connectivity index (χ3n) is 0.733. The highest BCUT2D eigenvalue weighted by atomic mass is 16.5. The van der Waals surface area contributed by atoms with E-state index >= 15 is 0 Å². The van der Waals surface area contributed by atoms with Gasteiger partial charge < -0.3 is 4.74 Å². The summed E-state index contributed by atoms with van der Waals surface area (Å²) in [6, 6.07) is 0. The van der Waals surface area contributed by atoms with E-state index in [2.05, 4.69) is 11.3 Å². The van der Waals surface area contributed by atoms with Crippen LogP contribution in [0.5, 0.6) is 0 Å². The lowest BCUT2D eigenvalue weighted by Gasteiger charge is -1.91. The van der Waals surface area contributed by atoms with E-state index in [4.69, 9.17) is 0 Å².